The molecule has 164 valence electrons. The van der Waals surface area contributed by atoms with E-state index in [0.717, 1.165) is 35.7 Å². The highest BCUT2D eigenvalue weighted by atomic mass is 79.9. The van der Waals surface area contributed by atoms with Gasteiger partial charge in [-0.15, -0.1) is 0 Å². The second kappa shape index (κ2) is 10.5. The van der Waals surface area contributed by atoms with Gasteiger partial charge in [0.25, 0.3) is 11.8 Å². The summed E-state index contributed by atoms with van der Waals surface area (Å²) >= 11 is 3.43. The Morgan fingerprint density at radius 2 is 1.62 bits per heavy atom. The Hall–Kier alpha value is -3.12. The van der Waals surface area contributed by atoms with Crippen molar-refractivity contribution in [2.75, 3.05) is 0 Å². The number of halogens is 1. The Morgan fingerprint density at radius 3 is 2.34 bits per heavy atom. The number of furan rings is 1. The van der Waals surface area contributed by atoms with Gasteiger partial charge in [0, 0.05) is 27.7 Å². The number of rotatable bonds is 6. The molecule has 0 atom stereocenters. The zero-order valence-corrected chi connectivity index (χ0v) is 19.2. The molecule has 1 aliphatic carbocycles. The largest absolute Gasteiger partial charge is 0.457 e. The first-order valence-corrected chi connectivity index (χ1v) is 11.6. The number of hydrogen-bond acceptors (Lipinski definition) is 3. The lowest BCUT2D eigenvalue weighted by molar-refractivity contribution is -0.118. The van der Waals surface area contributed by atoms with Gasteiger partial charge >= 0.3 is 0 Å². The first-order valence-electron chi connectivity index (χ1n) is 10.8. The molecule has 0 bridgehead atoms. The smallest absolute Gasteiger partial charge is 0.268 e. The third-order valence-corrected chi connectivity index (χ3v) is 6.04. The number of nitrogens with one attached hydrogen (secondary N) is 2. The van der Waals surface area contributed by atoms with Crippen molar-refractivity contribution in [2.24, 2.45) is 0 Å². The summed E-state index contributed by atoms with van der Waals surface area (Å²) in [6, 6.07) is 20.4. The molecule has 1 aromatic heterocycles. The fraction of sp³-hybridized carbons (Fsp3) is 0.231. The topological polar surface area (TPSA) is 71.3 Å². The van der Waals surface area contributed by atoms with Crippen molar-refractivity contribution in [3.63, 3.8) is 0 Å². The molecule has 0 saturated heterocycles. The quantitative estimate of drug-likeness (QED) is 0.419. The van der Waals surface area contributed by atoms with Crippen molar-refractivity contribution in [3.05, 3.63) is 88.2 Å². The van der Waals surface area contributed by atoms with Crippen LogP contribution in [0.1, 0.15) is 48.2 Å². The molecule has 1 heterocycles. The molecule has 3 aromatic rings. The van der Waals surface area contributed by atoms with Crippen molar-refractivity contribution < 1.29 is 14.0 Å². The molecule has 2 N–H and O–H groups in total. The predicted octanol–water partition coefficient (Wildman–Crippen LogP) is 5.93. The van der Waals surface area contributed by atoms with E-state index in [9.17, 15) is 9.59 Å². The van der Waals surface area contributed by atoms with Crippen molar-refractivity contribution in [3.8, 4) is 11.3 Å². The average Bonchev–Trinajstić information content (AvgIpc) is 3.29. The van der Waals surface area contributed by atoms with E-state index in [4.69, 9.17) is 4.42 Å². The normalized spacial score (nSPS) is 14.7. The van der Waals surface area contributed by atoms with Crippen LogP contribution in [0, 0.1) is 0 Å². The Morgan fingerprint density at radius 1 is 0.906 bits per heavy atom. The van der Waals surface area contributed by atoms with Gasteiger partial charge in [-0.25, -0.2) is 0 Å². The van der Waals surface area contributed by atoms with E-state index in [1.807, 2.05) is 36.4 Å². The summed E-state index contributed by atoms with van der Waals surface area (Å²) in [5.41, 5.74) is 1.58. The van der Waals surface area contributed by atoms with E-state index < -0.39 is 0 Å². The summed E-state index contributed by atoms with van der Waals surface area (Å²) in [6.45, 7) is 0. The molecule has 0 radical (unpaired) electrons. The summed E-state index contributed by atoms with van der Waals surface area (Å²) < 4.78 is 6.93. The van der Waals surface area contributed by atoms with Crippen LogP contribution >= 0.6 is 15.9 Å². The van der Waals surface area contributed by atoms with Gasteiger partial charge in [-0.3, -0.25) is 9.59 Å². The molecule has 6 heteroatoms. The van der Waals surface area contributed by atoms with Crippen LogP contribution in [0.25, 0.3) is 17.4 Å². The number of amides is 2. The van der Waals surface area contributed by atoms with E-state index in [1.54, 1.807) is 36.4 Å². The number of carbonyl (C=O) groups excluding carboxylic acids is 2. The van der Waals surface area contributed by atoms with Gasteiger partial charge in [-0.1, -0.05) is 65.5 Å². The Labute approximate surface area is 196 Å². The maximum Gasteiger partial charge on any atom is 0.268 e. The van der Waals surface area contributed by atoms with Crippen LogP contribution in [0.4, 0.5) is 0 Å². The van der Waals surface area contributed by atoms with Gasteiger partial charge in [-0.2, -0.15) is 0 Å². The van der Waals surface area contributed by atoms with Gasteiger partial charge in [0.1, 0.15) is 17.2 Å². The molecule has 1 fully saturated rings. The number of hydrogen-bond donors (Lipinski definition) is 2. The van der Waals surface area contributed by atoms with Crippen LogP contribution < -0.4 is 10.6 Å². The zero-order chi connectivity index (χ0) is 22.3. The molecule has 2 amide bonds. The summed E-state index contributed by atoms with van der Waals surface area (Å²) in [6.07, 6.45) is 6.91. The molecular formula is C26H25BrN2O3. The molecule has 32 heavy (non-hydrogen) atoms. The third-order valence-electron chi connectivity index (χ3n) is 5.51. The molecule has 5 nitrogen and oxygen atoms in total. The molecular weight excluding hydrogens is 468 g/mol. The summed E-state index contributed by atoms with van der Waals surface area (Å²) in [5, 5.41) is 5.84. The van der Waals surface area contributed by atoms with E-state index in [1.165, 1.54) is 6.42 Å². The number of carbonyl (C=O) groups is 2. The number of benzene rings is 2. The maximum absolute atomic E-state index is 13.1. The highest BCUT2D eigenvalue weighted by molar-refractivity contribution is 9.10. The predicted molar refractivity (Wildman–Crippen MR) is 129 cm³/mol. The molecule has 0 spiro atoms. The molecule has 0 aliphatic heterocycles. The summed E-state index contributed by atoms with van der Waals surface area (Å²) in [5.74, 6) is 0.536. The van der Waals surface area contributed by atoms with Crippen molar-refractivity contribution in [2.45, 2.75) is 38.1 Å². The van der Waals surface area contributed by atoms with Gasteiger partial charge < -0.3 is 15.1 Å². The lowest BCUT2D eigenvalue weighted by atomic mass is 9.95. The van der Waals surface area contributed by atoms with E-state index in [0.29, 0.717) is 17.1 Å². The van der Waals surface area contributed by atoms with Crippen molar-refractivity contribution in [1.82, 2.24) is 10.6 Å². The minimum Gasteiger partial charge on any atom is -0.457 e. The van der Waals surface area contributed by atoms with Crippen molar-refractivity contribution >= 4 is 33.8 Å². The standard InChI is InChI=1S/C26H25BrN2O3/c27-20-13-11-18(12-14-20)24-16-15-22(32-24)17-23(26(31)28-21-9-5-2-6-10-21)29-25(30)19-7-3-1-4-8-19/h1,3-4,7-8,11-17,21H,2,5-6,9-10H2,(H,28,31)(H,29,30)/b23-17-. The Bertz CT molecular complexity index is 1100. The lowest BCUT2D eigenvalue weighted by Gasteiger charge is -2.23. The zero-order valence-electron chi connectivity index (χ0n) is 17.6. The minimum absolute atomic E-state index is 0.128. The Balaban J connectivity index is 1.57. The molecule has 1 aliphatic rings. The summed E-state index contributed by atoms with van der Waals surface area (Å²) in [4.78, 5) is 25.8. The van der Waals surface area contributed by atoms with Crippen LogP contribution in [-0.2, 0) is 4.79 Å². The van der Waals surface area contributed by atoms with Crippen LogP contribution in [0.15, 0.2) is 81.3 Å². The minimum atomic E-state index is -0.338. The summed E-state index contributed by atoms with van der Waals surface area (Å²) in [7, 11) is 0. The van der Waals surface area contributed by atoms with Gasteiger partial charge in [0.05, 0.1) is 0 Å². The fourth-order valence-corrected chi connectivity index (χ4v) is 4.06. The van der Waals surface area contributed by atoms with E-state index in [2.05, 4.69) is 26.6 Å². The Kier molecular flexibility index (Phi) is 7.22. The molecule has 2 aromatic carbocycles. The maximum atomic E-state index is 13.1. The fourth-order valence-electron chi connectivity index (χ4n) is 3.79. The molecule has 1 saturated carbocycles. The molecule has 4 rings (SSSR count). The first kappa shape index (κ1) is 22.1. The van der Waals surface area contributed by atoms with Gasteiger partial charge in [-0.05, 0) is 49.2 Å². The van der Waals surface area contributed by atoms with Crippen LogP contribution in [0.3, 0.4) is 0 Å². The second-order valence-corrected chi connectivity index (χ2v) is 8.81. The van der Waals surface area contributed by atoms with E-state index >= 15 is 0 Å². The first-order chi connectivity index (χ1) is 15.6. The third kappa shape index (κ3) is 5.77. The SMILES string of the molecule is O=C(NC1CCCCC1)/C(=C/c1ccc(-c2ccc(Br)cc2)o1)NC(=O)c1ccccc1. The highest BCUT2D eigenvalue weighted by Gasteiger charge is 2.20. The monoisotopic (exact) mass is 492 g/mol. The second-order valence-electron chi connectivity index (χ2n) is 7.90. The molecule has 0 unspecified atom stereocenters. The van der Waals surface area contributed by atoms with Crippen LogP contribution in [0.2, 0.25) is 0 Å². The van der Waals surface area contributed by atoms with Crippen LogP contribution in [0.5, 0.6) is 0 Å². The van der Waals surface area contributed by atoms with E-state index in [-0.39, 0.29) is 23.6 Å². The van der Waals surface area contributed by atoms with Crippen LogP contribution in [-0.4, -0.2) is 17.9 Å². The van der Waals surface area contributed by atoms with Crippen molar-refractivity contribution in [1.29, 1.82) is 0 Å². The highest BCUT2D eigenvalue weighted by Crippen LogP contribution is 2.25. The average molecular weight is 493 g/mol. The van der Waals surface area contributed by atoms with Gasteiger partial charge in [0.15, 0.2) is 0 Å². The van der Waals surface area contributed by atoms with Gasteiger partial charge in [0.2, 0.25) is 0 Å². The lowest BCUT2D eigenvalue weighted by Crippen LogP contribution is -2.41.